The molecule has 2 rings (SSSR count). The Hall–Kier alpha value is -2.95. The Morgan fingerprint density at radius 2 is 1.78 bits per heavy atom. The number of rotatable bonds is 5. The standard InChI is InChI=1S/C18H13ClN2O2/c1-22-17-7-4-14(8-15(10-20)11-21)9-18(17)23-12-13-2-5-16(19)6-3-13/h2-9H,12H2,1H3. The molecular weight excluding hydrogens is 312 g/mol. The Bertz CT molecular complexity index is 783. The molecule has 0 fully saturated rings. The largest absolute Gasteiger partial charge is 0.493 e. The van der Waals surface area contributed by atoms with Crippen molar-refractivity contribution in [1.82, 2.24) is 0 Å². The number of nitriles is 2. The maximum Gasteiger partial charge on any atom is 0.162 e. The van der Waals surface area contributed by atoms with E-state index in [4.69, 9.17) is 31.6 Å². The van der Waals surface area contributed by atoms with Crippen molar-refractivity contribution in [3.05, 3.63) is 64.2 Å². The second kappa shape index (κ2) is 7.89. The van der Waals surface area contributed by atoms with Gasteiger partial charge in [-0.3, -0.25) is 0 Å². The second-order valence-corrected chi connectivity index (χ2v) is 5.04. The van der Waals surface area contributed by atoms with Gasteiger partial charge in [-0.05, 0) is 41.5 Å². The highest BCUT2D eigenvalue weighted by molar-refractivity contribution is 6.30. The number of nitrogens with zero attached hydrogens (tertiary/aromatic N) is 2. The van der Waals surface area contributed by atoms with Crippen molar-refractivity contribution in [3.8, 4) is 23.6 Å². The van der Waals surface area contributed by atoms with Crippen LogP contribution in [0, 0.1) is 22.7 Å². The molecular formula is C18H13ClN2O2. The van der Waals surface area contributed by atoms with E-state index in [0.717, 1.165) is 5.56 Å². The lowest BCUT2D eigenvalue weighted by molar-refractivity contribution is 0.284. The molecule has 23 heavy (non-hydrogen) atoms. The minimum Gasteiger partial charge on any atom is -0.493 e. The lowest BCUT2D eigenvalue weighted by Gasteiger charge is -2.11. The van der Waals surface area contributed by atoms with Crippen LogP contribution < -0.4 is 9.47 Å². The van der Waals surface area contributed by atoms with Gasteiger partial charge in [0.05, 0.1) is 7.11 Å². The van der Waals surface area contributed by atoms with E-state index in [1.165, 1.54) is 6.08 Å². The summed E-state index contributed by atoms with van der Waals surface area (Å²) < 4.78 is 11.0. The molecule has 0 N–H and O–H groups in total. The summed E-state index contributed by atoms with van der Waals surface area (Å²) in [5, 5.41) is 18.3. The van der Waals surface area contributed by atoms with Crippen molar-refractivity contribution in [3.63, 3.8) is 0 Å². The van der Waals surface area contributed by atoms with Gasteiger partial charge in [0, 0.05) is 5.02 Å². The molecule has 0 unspecified atom stereocenters. The molecule has 0 bridgehead atoms. The molecule has 0 saturated heterocycles. The van der Waals surface area contributed by atoms with Crippen molar-refractivity contribution in [1.29, 1.82) is 10.5 Å². The minimum atomic E-state index is 0.0267. The van der Waals surface area contributed by atoms with Crippen molar-refractivity contribution < 1.29 is 9.47 Å². The molecule has 0 saturated carbocycles. The normalized spacial score (nSPS) is 9.39. The summed E-state index contributed by atoms with van der Waals surface area (Å²) >= 11 is 5.85. The second-order valence-electron chi connectivity index (χ2n) is 4.61. The molecule has 0 aliphatic heterocycles. The Morgan fingerprint density at radius 3 is 2.39 bits per heavy atom. The van der Waals surface area contributed by atoms with Gasteiger partial charge in [-0.1, -0.05) is 29.8 Å². The van der Waals surface area contributed by atoms with Gasteiger partial charge in [0.1, 0.15) is 24.3 Å². The van der Waals surface area contributed by atoms with Gasteiger partial charge in [-0.15, -0.1) is 0 Å². The highest BCUT2D eigenvalue weighted by Crippen LogP contribution is 2.29. The fourth-order valence-electron chi connectivity index (χ4n) is 1.89. The zero-order chi connectivity index (χ0) is 16.7. The average Bonchev–Trinajstić information content (AvgIpc) is 2.59. The van der Waals surface area contributed by atoms with Gasteiger partial charge in [-0.25, -0.2) is 0 Å². The van der Waals surface area contributed by atoms with Crippen LogP contribution in [0.1, 0.15) is 11.1 Å². The lowest BCUT2D eigenvalue weighted by atomic mass is 10.1. The fraction of sp³-hybridized carbons (Fsp3) is 0.111. The summed E-state index contributed by atoms with van der Waals surface area (Å²) in [6.07, 6.45) is 1.49. The van der Waals surface area contributed by atoms with Gasteiger partial charge < -0.3 is 9.47 Å². The first-order chi connectivity index (χ1) is 11.2. The van der Waals surface area contributed by atoms with Crippen molar-refractivity contribution in [2.75, 3.05) is 7.11 Å². The van der Waals surface area contributed by atoms with E-state index in [1.54, 1.807) is 37.4 Å². The van der Waals surface area contributed by atoms with Crippen LogP contribution in [-0.2, 0) is 6.61 Å². The van der Waals surface area contributed by atoms with Gasteiger partial charge in [0.15, 0.2) is 11.5 Å². The number of hydrogen-bond donors (Lipinski definition) is 0. The van der Waals surface area contributed by atoms with E-state index in [0.29, 0.717) is 28.7 Å². The minimum absolute atomic E-state index is 0.0267. The van der Waals surface area contributed by atoms with E-state index in [9.17, 15) is 0 Å². The molecule has 0 heterocycles. The average molecular weight is 325 g/mol. The Kier molecular flexibility index (Phi) is 5.63. The van der Waals surface area contributed by atoms with Gasteiger partial charge in [0.2, 0.25) is 0 Å². The predicted octanol–water partition coefficient (Wildman–Crippen LogP) is 4.36. The van der Waals surface area contributed by atoms with Crippen molar-refractivity contribution in [2.24, 2.45) is 0 Å². The van der Waals surface area contributed by atoms with E-state index in [1.807, 2.05) is 24.3 Å². The third-order valence-electron chi connectivity index (χ3n) is 3.05. The molecule has 0 atom stereocenters. The Morgan fingerprint density at radius 1 is 1.09 bits per heavy atom. The van der Waals surface area contributed by atoms with Crippen molar-refractivity contribution in [2.45, 2.75) is 6.61 Å². The molecule has 0 radical (unpaired) electrons. The first-order valence-corrected chi connectivity index (χ1v) is 7.11. The first-order valence-electron chi connectivity index (χ1n) is 6.73. The van der Waals surface area contributed by atoms with E-state index < -0.39 is 0 Å². The molecule has 2 aromatic rings. The molecule has 114 valence electrons. The maximum absolute atomic E-state index is 8.82. The third kappa shape index (κ3) is 4.51. The molecule has 0 amide bonds. The highest BCUT2D eigenvalue weighted by Gasteiger charge is 2.06. The van der Waals surface area contributed by atoms with Gasteiger partial charge in [0.25, 0.3) is 0 Å². The number of benzene rings is 2. The third-order valence-corrected chi connectivity index (χ3v) is 3.30. The zero-order valence-corrected chi connectivity index (χ0v) is 13.2. The van der Waals surface area contributed by atoms with E-state index in [2.05, 4.69) is 0 Å². The van der Waals surface area contributed by atoms with Crippen LogP contribution in [0.5, 0.6) is 11.5 Å². The summed E-state index contributed by atoms with van der Waals surface area (Å²) in [7, 11) is 1.55. The molecule has 0 aromatic heterocycles. The van der Waals surface area contributed by atoms with E-state index >= 15 is 0 Å². The number of halogens is 1. The van der Waals surface area contributed by atoms with Crippen LogP contribution in [0.25, 0.3) is 6.08 Å². The number of hydrogen-bond acceptors (Lipinski definition) is 4. The molecule has 5 heteroatoms. The topological polar surface area (TPSA) is 66.0 Å². The van der Waals surface area contributed by atoms with Crippen LogP contribution in [0.3, 0.4) is 0 Å². The van der Waals surface area contributed by atoms with Crippen molar-refractivity contribution >= 4 is 17.7 Å². The maximum atomic E-state index is 8.82. The summed E-state index contributed by atoms with van der Waals surface area (Å²) in [5.74, 6) is 1.11. The molecule has 0 aliphatic carbocycles. The summed E-state index contributed by atoms with van der Waals surface area (Å²) in [6, 6.07) is 16.2. The van der Waals surface area contributed by atoms with Crippen LogP contribution >= 0.6 is 11.6 Å². The van der Waals surface area contributed by atoms with Crippen LogP contribution in [0.4, 0.5) is 0 Å². The number of ether oxygens (including phenoxy) is 2. The Balaban J connectivity index is 2.22. The lowest BCUT2D eigenvalue weighted by Crippen LogP contribution is -1.98. The van der Waals surface area contributed by atoms with Crippen LogP contribution in [-0.4, -0.2) is 7.11 Å². The van der Waals surface area contributed by atoms with E-state index in [-0.39, 0.29) is 5.57 Å². The quantitative estimate of drug-likeness (QED) is 0.766. The predicted molar refractivity (Wildman–Crippen MR) is 88.0 cm³/mol. The smallest absolute Gasteiger partial charge is 0.162 e. The fourth-order valence-corrected chi connectivity index (χ4v) is 2.02. The van der Waals surface area contributed by atoms with Crippen LogP contribution in [0.15, 0.2) is 48.0 Å². The highest BCUT2D eigenvalue weighted by atomic mass is 35.5. The van der Waals surface area contributed by atoms with Crippen LogP contribution in [0.2, 0.25) is 5.02 Å². The zero-order valence-electron chi connectivity index (χ0n) is 12.4. The summed E-state index contributed by atoms with van der Waals surface area (Å²) in [5.41, 5.74) is 1.68. The molecule has 0 aliphatic rings. The first kappa shape index (κ1) is 16.4. The number of methoxy groups -OCH3 is 1. The molecule has 4 nitrogen and oxygen atoms in total. The van der Waals surface area contributed by atoms with Gasteiger partial charge in [-0.2, -0.15) is 10.5 Å². The molecule has 0 spiro atoms. The SMILES string of the molecule is COc1ccc(C=C(C#N)C#N)cc1OCc1ccc(Cl)cc1. The number of allylic oxidation sites excluding steroid dienone is 1. The van der Waals surface area contributed by atoms with Gasteiger partial charge >= 0.3 is 0 Å². The monoisotopic (exact) mass is 324 g/mol. The summed E-state index contributed by atoms with van der Waals surface area (Å²) in [4.78, 5) is 0. The molecule has 2 aromatic carbocycles. The Labute approximate surface area is 139 Å². The summed E-state index contributed by atoms with van der Waals surface area (Å²) in [6.45, 7) is 0.351.